The monoisotopic (exact) mass is 562 g/mol. The lowest BCUT2D eigenvalue weighted by molar-refractivity contribution is -0.153. The molecule has 1 aromatic carbocycles. The van der Waals surface area contributed by atoms with E-state index < -0.39 is 10.9 Å². The van der Waals surface area contributed by atoms with Gasteiger partial charge in [-0.2, -0.15) is 0 Å². The number of aromatic nitrogens is 2. The van der Waals surface area contributed by atoms with Crippen molar-refractivity contribution in [3.8, 4) is 0 Å². The minimum Gasteiger partial charge on any atom is -0.622 e. The first-order valence-electron chi connectivity index (χ1n) is 9.71. The molecule has 0 N–H and O–H groups in total. The van der Waals surface area contributed by atoms with Crippen LogP contribution in [0.1, 0.15) is 39.1 Å². The van der Waals surface area contributed by atoms with E-state index in [0.717, 1.165) is 9.90 Å². The predicted molar refractivity (Wildman–Crippen MR) is 130 cm³/mol. The molecule has 0 aliphatic carbocycles. The minimum absolute atomic E-state index is 0.0410. The zero-order valence-corrected chi connectivity index (χ0v) is 21.6. The van der Waals surface area contributed by atoms with Crippen molar-refractivity contribution in [3.63, 3.8) is 0 Å². The van der Waals surface area contributed by atoms with Crippen LogP contribution in [-0.4, -0.2) is 52.8 Å². The summed E-state index contributed by atoms with van der Waals surface area (Å²) in [6.45, 7) is 8.65. The van der Waals surface area contributed by atoms with Gasteiger partial charge in [0, 0.05) is 19.1 Å². The van der Waals surface area contributed by atoms with Crippen molar-refractivity contribution >= 4 is 56.8 Å². The van der Waals surface area contributed by atoms with E-state index in [1.807, 2.05) is 63.9 Å². The molecule has 7 nitrogen and oxygen atoms in total. The van der Waals surface area contributed by atoms with Crippen molar-refractivity contribution in [3.05, 3.63) is 38.1 Å². The molecule has 3 unspecified atom stereocenters. The van der Waals surface area contributed by atoms with E-state index >= 15 is 0 Å². The van der Waals surface area contributed by atoms with Crippen LogP contribution in [0, 0.1) is 8.78 Å². The number of carbonyl (C=O) groups is 1. The number of thioether (sulfide) groups is 1. The number of ether oxygens (including phenoxy) is 1. The molecule has 30 heavy (non-hydrogen) atoms. The van der Waals surface area contributed by atoms with Gasteiger partial charge in [-0.1, -0.05) is 32.8 Å². The molecule has 1 aromatic heterocycles. The second-order valence-corrected chi connectivity index (χ2v) is 12.4. The average molecular weight is 562 g/mol. The third-order valence-corrected chi connectivity index (χ3v) is 7.93. The molecular formula is C20H27IN4O3S2. The van der Waals surface area contributed by atoms with E-state index in [1.54, 1.807) is 11.8 Å². The second kappa shape index (κ2) is 9.37. The molecule has 164 valence electrons. The molecule has 0 bridgehead atoms. The van der Waals surface area contributed by atoms with E-state index in [1.165, 1.54) is 14.9 Å². The van der Waals surface area contributed by atoms with E-state index in [9.17, 15) is 10.0 Å². The number of hydrogen-bond donors (Lipinski definition) is 0. The average Bonchev–Trinajstić information content (AvgIpc) is 3.23. The van der Waals surface area contributed by atoms with Gasteiger partial charge < -0.3 is 9.94 Å². The Kier molecular flexibility index (Phi) is 7.45. The summed E-state index contributed by atoms with van der Waals surface area (Å²) in [7, 11) is 1.85. The zero-order chi connectivity index (χ0) is 22.1. The molecule has 0 spiro atoms. The van der Waals surface area contributed by atoms with Crippen LogP contribution in [0.5, 0.6) is 0 Å². The molecule has 1 fully saturated rings. The molecule has 1 saturated heterocycles. The van der Waals surface area contributed by atoms with Gasteiger partial charge in [-0.3, -0.25) is 9.44 Å². The van der Waals surface area contributed by atoms with Gasteiger partial charge in [0.2, 0.25) is 0 Å². The van der Waals surface area contributed by atoms with Gasteiger partial charge in [-0.25, -0.2) is 4.90 Å². The van der Waals surface area contributed by atoms with Crippen molar-refractivity contribution in [2.45, 2.75) is 55.9 Å². The molecule has 0 radical (unpaired) electrons. The van der Waals surface area contributed by atoms with Gasteiger partial charge in [0.1, 0.15) is 11.7 Å². The molecule has 10 heteroatoms. The quantitative estimate of drug-likeness (QED) is 0.168. The highest BCUT2D eigenvalue weighted by atomic mass is 127. The van der Waals surface area contributed by atoms with Crippen LogP contribution in [0.2, 0.25) is 0 Å². The fourth-order valence-electron chi connectivity index (χ4n) is 3.11. The second-order valence-electron chi connectivity index (χ2n) is 8.65. The van der Waals surface area contributed by atoms with Crippen LogP contribution in [0.4, 0.5) is 5.13 Å². The van der Waals surface area contributed by atoms with Crippen LogP contribution in [0.3, 0.4) is 0 Å². The highest BCUT2D eigenvalue weighted by Crippen LogP contribution is 2.37. The molecule has 3 atom stereocenters. The third kappa shape index (κ3) is 5.71. The smallest absolute Gasteiger partial charge is 0.311 e. The Morgan fingerprint density at radius 3 is 2.67 bits per heavy atom. The number of hydrogen-bond acceptors (Lipinski definition) is 8. The van der Waals surface area contributed by atoms with Crippen molar-refractivity contribution in [2.75, 3.05) is 20.3 Å². The maximum absolute atomic E-state index is 13.7. The number of nitrogens with zero attached hydrogens (tertiary/aromatic N) is 4. The van der Waals surface area contributed by atoms with E-state index in [-0.39, 0.29) is 29.7 Å². The molecule has 1 aliphatic rings. The summed E-state index contributed by atoms with van der Waals surface area (Å²) in [4.78, 5) is 15.6. The number of quaternary nitrogens is 1. The van der Waals surface area contributed by atoms with Crippen molar-refractivity contribution in [2.24, 2.45) is 0 Å². The first-order valence-corrected chi connectivity index (χ1v) is 12.5. The summed E-state index contributed by atoms with van der Waals surface area (Å²) in [6, 6.07) is 8.17. The highest BCUT2D eigenvalue weighted by molar-refractivity contribution is 14.1. The molecule has 2 heterocycles. The van der Waals surface area contributed by atoms with E-state index in [2.05, 4.69) is 32.8 Å². The number of halogens is 1. The van der Waals surface area contributed by atoms with E-state index in [4.69, 9.17) is 4.74 Å². The molecule has 3 rings (SSSR count). The predicted octanol–water partition coefficient (Wildman–Crippen LogP) is 4.59. The number of likely N-dealkylation sites (N-methyl/N-ethyl adjacent to an activating group) is 1. The number of esters is 1. The Morgan fingerprint density at radius 2 is 2.07 bits per heavy atom. The highest BCUT2D eigenvalue weighted by Gasteiger charge is 2.45. The zero-order valence-electron chi connectivity index (χ0n) is 17.8. The summed E-state index contributed by atoms with van der Waals surface area (Å²) >= 11 is 5.19. The molecular weight excluding hydrogens is 535 g/mol. The number of hydroxylamine groups is 2. The lowest BCUT2D eigenvalue weighted by Crippen LogP contribution is -2.51. The molecule has 1 aliphatic heterocycles. The summed E-state index contributed by atoms with van der Waals surface area (Å²) in [6.07, 6.45) is -0.598. The summed E-state index contributed by atoms with van der Waals surface area (Å²) in [5.74, 6) is -0.361. The van der Waals surface area contributed by atoms with Gasteiger partial charge in [0.15, 0.2) is 0 Å². The van der Waals surface area contributed by atoms with Gasteiger partial charge in [-0.15, -0.1) is 16.9 Å². The van der Waals surface area contributed by atoms with Crippen molar-refractivity contribution in [1.29, 1.82) is 0 Å². The Morgan fingerprint density at radius 1 is 1.40 bits per heavy atom. The maximum Gasteiger partial charge on any atom is 0.311 e. The summed E-state index contributed by atoms with van der Waals surface area (Å²) in [5, 5.41) is 23.2. The first-order chi connectivity index (χ1) is 14.0. The Bertz CT molecular complexity index is 887. The fourth-order valence-corrected chi connectivity index (χ4v) is 5.41. The Hall–Kier alpha value is -0.790. The number of carbonyl (C=O) groups excluding carboxylic acids is 1. The van der Waals surface area contributed by atoms with Crippen LogP contribution < -0.4 is 4.65 Å². The van der Waals surface area contributed by atoms with Crippen LogP contribution >= 0.6 is 45.7 Å². The van der Waals surface area contributed by atoms with Gasteiger partial charge >= 0.3 is 11.1 Å². The lowest BCUT2D eigenvalue weighted by Gasteiger charge is -2.38. The van der Waals surface area contributed by atoms with E-state index in [0.29, 0.717) is 11.7 Å². The van der Waals surface area contributed by atoms with Crippen molar-refractivity contribution in [1.82, 2.24) is 19.7 Å². The van der Waals surface area contributed by atoms with Gasteiger partial charge in [0.25, 0.3) is 6.23 Å². The maximum atomic E-state index is 13.7. The number of benzene rings is 1. The van der Waals surface area contributed by atoms with Crippen LogP contribution in [0.15, 0.2) is 29.2 Å². The Labute approximate surface area is 199 Å². The molecule has 0 amide bonds. The summed E-state index contributed by atoms with van der Waals surface area (Å²) in [5.41, 5.74) is -0.185. The van der Waals surface area contributed by atoms with Crippen LogP contribution in [0.25, 0.3) is 0 Å². The molecule has 0 saturated carbocycles. The van der Waals surface area contributed by atoms with Crippen molar-refractivity contribution < 1.29 is 9.53 Å². The first kappa shape index (κ1) is 23.9. The van der Waals surface area contributed by atoms with Gasteiger partial charge in [-0.05, 0) is 65.2 Å². The number of rotatable bonds is 6. The summed E-state index contributed by atoms with van der Waals surface area (Å²) < 4.78 is 6.05. The third-order valence-electron chi connectivity index (χ3n) is 4.64. The minimum atomic E-state index is -0.834. The molecule has 2 aromatic rings. The standard InChI is InChI=1S/C20H27IN4O3S2/c1-13(29-15-8-6-14(21)7-9-15)10-17(26)28-16-11-24(5)12-25(16,27)19-23-22-18(30-19)20(2,3)4/h6-9,13,16H,10-12H2,1-5H3. The largest absolute Gasteiger partial charge is 0.622 e. The Balaban J connectivity index is 1.65. The SMILES string of the molecule is CC(CC(=O)OC1CN(C)C[N+]1([O-])c1nnc(C(C)(C)C)s1)Sc1ccc(I)cc1. The van der Waals surface area contributed by atoms with Gasteiger partial charge in [0.05, 0.1) is 13.0 Å². The lowest BCUT2D eigenvalue weighted by atomic mass is 9.98. The topological polar surface area (TPSA) is 78.4 Å². The normalized spacial score (nSPS) is 23.5. The fraction of sp³-hybridized carbons (Fsp3) is 0.550. The van der Waals surface area contributed by atoms with Crippen LogP contribution in [-0.2, 0) is 14.9 Å².